The number of benzene rings is 2. The summed E-state index contributed by atoms with van der Waals surface area (Å²) in [4.78, 5) is 24.3. The van der Waals surface area contributed by atoms with E-state index in [1.54, 1.807) is 12.0 Å². The van der Waals surface area contributed by atoms with Gasteiger partial charge in [-0.25, -0.2) is 8.42 Å². The second-order valence-electron chi connectivity index (χ2n) is 6.86. The average molecular weight is 433 g/mol. The van der Waals surface area contributed by atoms with Crippen molar-refractivity contribution in [3.8, 4) is 5.75 Å². The molecule has 0 atom stereocenters. The van der Waals surface area contributed by atoms with Gasteiger partial charge in [0.2, 0.25) is 15.9 Å². The summed E-state index contributed by atoms with van der Waals surface area (Å²) in [5.41, 5.74) is 0.537. The lowest BCUT2D eigenvalue weighted by Crippen LogP contribution is -2.50. The molecule has 2 aromatic carbocycles. The van der Waals surface area contributed by atoms with Crippen molar-refractivity contribution in [1.29, 1.82) is 0 Å². The Bertz CT molecular complexity index is 1030. The molecule has 0 aliphatic carbocycles. The Morgan fingerprint density at radius 1 is 1.10 bits per heavy atom. The molecule has 0 N–H and O–H groups in total. The van der Waals surface area contributed by atoms with Crippen molar-refractivity contribution in [2.75, 3.05) is 33.3 Å². The molecule has 1 fully saturated rings. The molecular formula is C20H23N3O6S. The summed E-state index contributed by atoms with van der Waals surface area (Å²) in [5.74, 6) is 0.675. The normalized spacial score (nSPS) is 15.0. The minimum Gasteiger partial charge on any atom is -0.497 e. The zero-order valence-electron chi connectivity index (χ0n) is 16.6. The van der Waals surface area contributed by atoms with Crippen LogP contribution in [0.3, 0.4) is 0 Å². The van der Waals surface area contributed by atoms with Crippen LogP contribution in [0.2, 0.25) is 0 Å². The van der Waals surface area contributed by atoms with Gasteiger partial charge in [0.1, 0.15) is 5.75 Å². The molecule has 1 amide bonds. The zero-order chi connectivity index (χ0) is 21.7. The number of para-hydroxylation sites is 1. The molecule has 30 heavy (non-hydrogen) atoms. The molecule has 1 heterocycles. The Morgan fingerprint density at radius 3 is 2.47 bits per heavy atom. The molecule has 0 unspecified atom stereocenters. The van der Waals surface area contributed by atoms with Crippen molar-refractivity contribution < 1.29 is 22.9 Å². The number of hydrogen-bond donors (Lipinski definition) is 0. The van der Waals surface area contributed by atoms with Gasteiger partial charge in [0.25, 0.3) is 5.69 Å². The van der Waals surface area contributed by atoms with E-state index in [-0.39, 0.29) is 37.0 Å². The number of hydrogen-bond acceptors (Lipinski definition) is 6. The van der Waals surface area contributed by atoms with Gasteiger partial charge in [-0.2, -0.15) is 4.31 Å². The van der Waals surface area contributed by atoms with Crippen LogP contribution < -0.4 is 4.74 Å². The first-order chi connectivity index (χ1) is 14.3. The van der Waals surface area contributed by atoms with Crippen LogP contribution in [0.15, 0.2) is 53.4 Å². The Hall–Kier alpha value is -2.98. The minimum atomic E-state index is -4.01. The lowest BCUT2D eigenvalue weighted by atomic mass is 10.1. The van der Waals surface area contributed by atoms with Gasteiger partial charge in [-0.3, -0.25) is 14.9 Å². The molecule has 2 aromatic rings. The highest BCUT2D eigenvalue weighted by Crippen LogP contribution is 2.27. The highest BCUT2D eigenvalue weighted by molar-refractivity contribution is 7.89. The molecule has 160 valence electrons. The van der Waals surface area contributed by atoms with Crippen LogP contribution in [0.4, 0.5) is 5.69 Å². The first-order valence-electron chi connectivity index (χ1n) is 9.47. The molecule has 1 saturated heterocycles. The number of carbonyl (C=O) groups is 1. The maximum Gasteiger partial charge on any atom is 0.289 e. The topological polar surface area (TPSA) is 110 Å². The fourth-order valence-corrected chi connectivity index (χ4v) is 4.96. The SMILES string of the molecule is COc1cccc(CCC(=O)N2CCN(S(=O)(=O)c3ccccc3[N+](=O)[O-])CC2)c1. The standard InChI is InChI=1S/C20H23N3O6S/c1-29-17-6-4-5-16(15-17)9-10-20(24)21-11-13-22(14-12-21)30(27,28)19-8-3-2-7-18(19)23(25)26/h2-8,15H,9-14H2,1H3. The molecule has 0 radical (unpaired) electrons. The van der Waals surface area contributed by atoms with Gasteiger partial charge < -0.3 is 9.64 Å². The number of nitrogens with zero attached hydrogens (tertiary/aromatic N) is 3. The number of nitro groups is 1. The van der Waals surface area contributed by atoms with Crippen molar-refractivity contribution in [1.82, 2.24) is 9.21 Å². The average Bonchev–Trinajstić information content (AvgIpc) is 2.77. The molecule has 1 aliphatic heterocycles. The molecule has 3 rings (SSSR count). The van der Waals surface area contributed by atoms with Crippen molar-refractivity contribution in [2.24, 2.45) is 0 Å². The summed E-state index contributed by atoms with van der Waals surface area (Å²) in [7, 11) is -2.42. The second kappa shape index (κ2) is 9.23. The monoisotopic (exact) mass is 433 g/mol. The van der Waals surface area contributed by atoms with E-state index in [1.165, 1.54) is 28.6 Å². The molecule has 0 saturated carbocycles. The van der Waals surface area contributed by atoms with Crippen LogP contribution in [0.5, 0.6) is 5.75 Å². The van der Waals surface area contributed by atoms with E-state index in [1.807, 2.05) is 24.3 Å². The van der Waals surface area contributed by atoms with Crippen molar-refractivity contribution >= 4 is 21.6 Å². The Morgan fingerprint density at radius 2 is 1.80 bits per heavy atom. The van der Waals surface area contributed by atoms with E-state index >= 15 is 0 Å². The molecular weight excluding hydrogens is 410 g/mol. The third kappa shape index (κ3) is 4.77. The van der Waals surface area contributed by atoms with E-state index in [4.69, 9.17) is 4.74 Å². The van der Waals surface area contributed by atoms with E-state index in [2.05, 4.69) is 0 Å². The number of amides is 1. The van der Waals surface area contributed by atoms with Gasteiger partial charge in [0, 0.05) is 38.7 Å². The fraction of sp³-hybridized carbons (Fsp3) is 0.350. The van der Waals surface area contributed by atoms with E-state index in [9.17, 15) is 23.3 Å². The first kappa shape index (κ1) is 21.7. The Balaban J connectivity index is 1.60. The highest BCUT2D eigenvalue weighted by atomic mass is 32.2. The number of carbonyl (C=O) groups excluding carboxylic acids is 1. The summed E-state index contributed by atoms with van der Waals surface area (Å²) in [6.45, 7) is 0.687. The summed E-state index contributed by atoms with van der Waals surface area (Å²) >= 11 is 0. The van der Waals surface area contributed by atoms with Crippen LogP contribution in [-0.2, 0) is 21.2 Å². The third-order valence-corrected chi connectivity index (χ3v) is 6.98. The van der Waals surface area contributed by atoms with Crippen LogP contribution in [0, 0.1) is 10.1 Å². The van der Waals surface area contributed by atoms with Gasteiger partial charge in [0.05, 0.1) is 12.0 Å². The zero-order valence-corrected chi connectivity index (χ0v) is 17.4. The number of rotatable bonds is 7. The molecule has 10 heteroatoms. The Kier molecular flexibility index (Phi) is 6.68. The predicted octanol–water partition coefficient (Wildman–Crippen LogP) is 2.07. The van der Waals surface area contributed by atoms with Crippen LogP contribution in [0.1, 0.15) is 12.0 Å². The van der Waals surface area contributed by atoms with E-state index in [0.29, 0.717) is 12.8 Å². The van der Waals surface area contributed by atoms with Gasteiger partial charge in [-0.05, 0) is 30.2 Å². The Labute approximate surface area is 175 Å². The smallest absolute Gasteiger partial charge is 0.289 e. The number of piperazine rings is 1. The first-order valence-corrected chi connectivity index (χ1v) is 10.9. The largest absolute Gasteiger partial charge is 0.497 e. The molecule has 1 aliphatic rings. The predicted molar refractivity (Wildman–Crippen MR) is 110 cm³/mol. The van der Waals surface area contributed by atoms with E-state index < -0.39 is 20.6 Å². The maximum absolute atomic E-state index is 12.9. The molecule has 0 spiro atoms. The third-order valence-electron chi connectivity index (χ3n) is 5.03. The number of nitro benzene ring substituents is 1. The van der Waals surface area contributed by atoms with Crippen molar-refractivity contribution in [2.45, 2.75) is 17.7 Å². The maximum atomic E-state index is 12.9. The quantitative estimate of drug-likeness (QED) is 0.488. The number of sulfonamides is 1. The lowest BCUT2D eigenvalue weighted by Gasteiger charge is -2.34. The fourth-order valence-electron chi connectivity index (χ4n) is 3.38. The molecule has 0 bridgehead atoms. The molecule has 9 nitrogen and oxygen atoms in total. The van der Waals surface area contributed by atoms with Crippen LogP contribution >= 0.6 is 0 Å². The number of ether oxygens (including phenoxy) is 1. The van der Waals surface area contributed by atoms with Gasteiger partial charge >= 0.3 is 0 Å². The number of aryl methyl sites for hydroxylation is 1. The number of methoxy groups -OCH3 is 1. The van der Waals surface area contributed by atoms with Crippen LogP contribution in [-0.4, -0.2) is 61.7 Å². The van der Waals surface area contributed by atoms with Crippen LogP contribution in [0.25, 0.3) is 0 Å². The summed E-state index contributed by atoms with van der Waals surface area (Å²) in [6.07, 6.45) is 0.870. The van der Waals surface area contributed by atoms with Gasteiger partial charge in [-0.15, -0.1) is 0 Å². The molecule has 0 aromatic heterocycles. The summed E-state index contributed by atoms with van der Waals surface area (Å²) < 4.78 is 32.1. The van der Waals surface area contributed by atoms with E-state index in [0.717, 1.165) is 11.3 Å². The minimum absolute atomic E-state index is 0.0550. The second-order valence-corrected chi connectivity index (χ2v) is 8.77. The lowest BCUT2D eigenvalue weighted by molar-refractivity contribution is -0.387. The van der Waals surface area contributed by atoms with Gasteiger partial charge in [-0.1, -0.05) is 24.3 Å². The van der Waals surface area contributed by atoms with Crippen molar-refractivity contribution in [3.63, 3.8) is 0 Å². The summed E-state index contributed by atoms with van der Waals surface area (Å²) in [6, 6.07) is 12.8. The summed E-state index contributed by atoms with van der Waals surface area (Å²) in [5, 5.41) is 11.2. The highest BCUT2D eigenvalue weighted by Gasteiger charge is 2.34. The van der Waals surface area contributed by atoms with Gasteiger partial charge in [0.15, 0.2) is 4.90 Å². The van der Waals surface area contributed by atoms with Crippen molar-refractivity contribution in [3.05, 3.63) is 64.2 Å².